The van der Waals surface area contributed by atoms with Gasteiger partial charge in [0.05, 0.1) is 11.8 Å². The third kappa shape index (κ3) is 2.02. The molecular formula is C12H11F3O2. The molecule has 2 rings (SSSR count). The lowest BCUT2D eigenvalue weighted by Crippen LogP contribution is -2.07. The third-order valence-corrected chi connectivity index (χ3v) is 2.74. The number of aliphatic hydroxyl groups is 1. The van der Waals surface area contributed by atoms with Crippen LogP contribution in [0.25, 0.3) is 11.0 Å². The van der Waals surface area contributed by atoms with Crippen LogP contribution in [0, 0.1) is 0 Å². The van der Waals surface area contributed by atoms with Crippen LogP contribution in [0.1, 0.15) is 24.0 Å². The van der Waals surface area contributed by atoms with Gasteiger partial charge >= 0.3 is 6.18 Å². The molecule has 1 N–H and O–H groups in total. The fourth-order valence-corrected chi connectivity index (χ4v) is 1.81. The summed E-state index contributed by atoms with van der Waals surface area (Å²) in [6.45, 7) is 1.43. The van der Waals surface area contributed by atoms with Crippen molar-refractivity contribution in [1.29, 1.82) is 0 Å². The van der Waals surface area contributed by atoms with Gasteiger partial charge in [0.1, 0.15) is 5.58 Å². The molecule has 0 saturated heterocycles. The Kier molecular flexibility index (Phi) is 2.87. The van der Waals surface area contributed by atoms with Crippen molar-refractivity contribution in [3.8, 4) is 0 Å². The number of benzene rings is 1. The number of hydrogen-bond donors (Lipinski definition) is 1. The molecule has 2 aromatic rings. The Morgan fingerprint density at radius 1 is 1.35 bits per heavy atom. The molecule has 0 fully saturated rings. The highest BCUT2D eigenvalue weighted by Crippen LogP contribution is 2.39. The van der Waals surface area contributed by atoms with Crippen molar-refractivity contribution < 1.29 is 22.7 Å². The standard InChI is InChI=1S/C12H11F3O2/c1-7(5-16)8-6-17-10-4-2-3-9(11(8)10)12(13,14)15/h2-4,6-7,16H,5H2,1H3. The molecule has 0 aliphatic carbocycles. The predicted octanol–water partition coefficient (Wildman–Crippen LogP) is 3.55. The van der Waals surface area contributed by atoms with E-state index in [0.29, 0.717) is 5.56 Å². The maximum absolute atomic E-state index is 12.8. The summed E-state index contributed by atoms with van der Waals surface area (Å²) in [4.78, 5) is 0. The number of aliphatic hydroxyl groups excluding tert-OH is 1. The van der Waals surface area contributed by atoms with Crippen molar-refractivity contribution in [2.24, 2.45) is 0 Å². The number of alkyl halides is 3. The molecule has 5 heteroatoms. The molecule has 1 unspecified atom stereocenters. The lowest BCUT2D eigenvalue weighted by molar-refractivity contribution is -0.136. The van der Waals surface area contributed by atoms with Gasteiger partial charge in [-0.25, -0.2) is 0 Å². The van der Waals surface area contributed by atoms with Crippen molar-refractivity contribution in [2.45, 2.75) is 19.0 Å². The molecule has 2 nitrogen and oxygen atoms in total. The molecule has 1 atom stereocenters. The molecular weight excluding hydrogens is 233 g/mol. The summed E-state index contributed by atoms with van der Waals surface area (Å²) < 4.78 is 43.6. The van der Waals surface area contributed by atoms with Crippen LogP contribution in [0.3, 0.4) is 0 Å². The Morgan fingerprint density at radius 3 is 2.65 bits per heavy atom. The molecule has 0 spiro atoms. The van der Waals surface area contributed by atoms with Crippen molar-refractivity contribution in [3.05, 3.63) is 35.6 Å². The minimum absolute atomic E-state index is 0.0431. The monoisotopic (exact) mass is 244 g/mol. The molecule has 92 valence electrons. The molecule has 0 saturated carbocycles. The molecule has 1 heterocycles. The van der Waals surface area contributed by atoms with E-state index in [9.17, 15) is 13.2 Å². The summed E-state index contributed by atoms with van der Waals surface area (Å²) in [5, 5.41) is 9.08. The molecule has 0 radical (unpaired) electrons. The minimum atomic E-state index is -4.42. The summed E-state index contributed by atoms with van der Waals surface area (Å²) >= 11 is 0. The van der Waals surface area contributed by atoms with Gasteiger partial charge in [-0.3, -0.25) is 0 Å². The van der Waals surface area contributed by atoms with Crippen LogP contribution in [-0.4, -0.2) is 11.7 Å². The van der Waals surface area contributed by atoms with E-state index in [4.69, 9.17) is 9.52 Å². The van der Waals surface area contributed by atoms with Crippen molar-refractivity contribution in [3.63, 3.8) is 0 Å². The van der Waals surface area contributed by atoms with Crippen LogP contribution in [0.2, 0.25) is 0 Å². The number of halogens is 3. The highest BCUT2D eigenvalue weighted by atomic mass is 19.4. The molecule has 0 aliphatic heterocycles. The summed E-state index contributed by atoms with van der Waals surface area (Å²) in [7, 11) is 0. The summed E-state index contributed by atoms with van der Waals surface area (Å²) in [6.07, 6.45) is -3.14. The molecule has 1 aromatic heterocycles. The number of rotatable bonds is 2. The Balaban J connectivity index is 2.72. The number of furan rings is 1. The van der Waals surface area contributed by atoms with Crippen LogP contribution < -0.4 is 0 Å². The van der Waals surface area contributed by atoms with E-state index >= 15 is 0 Å². The van der Waals surface area contributed by atoms with E-state index in [-0.39, 0.29) is 23.5 Å². The molecule has 1 aromatic carbocycles. The van der Waals surface area contributed by atoms with Gasteiger partial charge in [0.2, 0.25) is 0 Å². The topological polar surface area (TPSA) is 33.4 Å². The highest BCUT2D eigenvalue weighted by Gasteiger charge is 2.34. The Labute approximate surface area is 95.7 Å². The second-order valence-corrected chi connectivity index (χ2v) is 3.95. The van der Waals surface area contributed by atoms with Gasteiger partial charge in [-0.05, 0) is 12.1 Å². The second-order valence-electron chi connectivity index (χ2n) is 3.95. The van der Waals surface area contributed by atoms with E-state index in [1.54, 1.807) is 6.92 Å². The number of fused-ring (bicyclic) bond motifs is 1. The zero-order chi connectivity index (χ0) is 12.6. The van der Waals surface area contributed by atoms with E-state index in [1.807, 2.05) is 0 Å². The first-order valence-electron chi connectivity index (χ1n) is 5.13. The zero-order valence-electron chi connectivity index (χ0n) is 9.08. The van der Waals surface area contributed by atoms with E-state index in [2.05, 4.69) is 0 Å². The molecule has 17 heavy (non-hydrogen) atoms. The number of hydrogen-bond acceptors (Lipinski definition) is 2. The van der Waals surface area contributed by atoms with Crippen molar-refractivity contribution in [1.82, 2.24) is 0 Å². The van der Waals surface area contributed by atoms with Crippen LogP contribution >= 0.6 is 0 Å². The fraction of sp³-hybridized carbons (Fsp3) is 0.333. The first-order chi connectivity index (χ1) is 7.95. The van der Waals surface area contributed by atoms with Gasteiger partial charge < -0.3 is 9.52 Å². The fourth-order valence-electron chi connectivity index (χ4n) is 1.81. The first kappa shape index (κ1) is 12.0. The van der Waals surface area contributed by atoms with Crippen LogP contribution in [-0.2, 0) is 6.18 Å². The smallest absolute Gasteiger partial charge is 0.417 e. The van der Waals surface area contributed by atoms with Gasteiger partial charge in [0.25, 0.3) is 0 Å². The normalized spacial score (nSPS) is 14.2. The van der Waals surface area contributed by atoms with Crippen LogP contribution in [0.15, 0.2) is 28.9 Å². The van der Waals surface area contributed by atoms with Gasteiger partial charge in [-0.1, -0.05) is 13.0 Å². The average Bonchev–Trinajstić information content (AvgIpc) is 2.70. The molecule has 0 aliphatic rings. The van der Waals surface area contributed by atoms with E-state index in [0.717, 1.165) is 6.07 Å². The SMILES string of the molecule is CC(CO)c1coc2cccc(C(F)(F)F)c12. The van der Waals surface area contributed by atoms with E-state index < -0.39 is 11.7 Å². The van der Waals surface area contributed by atoms with Gasteiger partial charge in [-0.2, -0.15) is 13.2 Å². The highest BCUT2D eigenvalue weighted by molar-refractivity contribution is 5.85. The third-order valence-electron chi connectivity index (χ3n) is 2.74. The lowest BCUT2D eigenvalue weighted by Gasteiger charge is -2.11. The molecule has 0 amide bonds. The largest absolute Gasteiger partial charge is 0.464 e. The minimum Gasteiger partial charge on any atom is -0.464 e. The van der Waals surface area contributed by atoms with Crippen LogP contribution in [0.5, 0.6) is 0 Å². The lowest BCUT2D eigenvalue weighted by atomic mass is 9.98. The maximum Gasteiger partial charge on any atom is 0.417 e. The second kappa shape index (κ2) is 4.07. The Morgan fingerprint density at radius 2 is 2.06 bits per heavy atom. The maximum atomic E-state index is 12.8. The predicted molar refractivity (Wildman–Crippen MR) is 56.7 cm³/mol. The van der Waals surface area contributed by atoms with Gasteiger partial charge in [-0.15, -0.1) is 0 Å². The Bertz CT molecular complexity index is 528. The zero-order valence-corrected chi connectivity index (χ0v) is 9.08. The average molecular weight is 244 g/mol. The summed E-state index contributed by atoms with van der Waals surface area (Å²) in [5.74, 6) is -0.389. The Hall–Kier alpha value is -1.49. The summed E-state index contributed by atoms with van der Waals surface area (Å²) in [5.41, 5.74) is -0.149. The van der Waals surface area contributed by atoms with Crippen molar-refractivity contribution >= 4 is 11.0 Å². The van der Waals surface area contributed by atoms with Crippen LogP contribution in [0.4, 0.5) is 13.2 Å². The molecule has 0 bridgehead atoms. The van der Waals surface area contributed by atoms with Crippen molar-refractivity contribution in [2.75, 3.05) is 6.61 Å². The summed E-state index contributed by atoms with van der Waals surface area (Å²) in [6, 6.07) is 3.81. The first-order valence-corrected chi connectivity index (χ1v) is 5.13. The van der Waals surface area contributed by atoms with E-state index in [1.165, 1.54) is 18.4 Å². The quantitative estimate of drug-likeness (QED) is 0.876. The van der Waals surface area contributed by atoms with Gasteiger partial charge in [0, 0.05) is 23.5 Å². The van der Waals surface area contributed by atoms with Gasteiger partial charge in [0.15, 0.2) is 0 Å².